The van der Waals surface area contributed by atoms with Gasteiger partial charge in [0.25, 0.3) is 0 Å². The number of methoxy groups -OCH3 is 1. The molecule has 1 heterocycles. The van der Waals surface area contributed by atoms with E-state index in [9.17, 15) is 0 Å². The Hall–Kier alpha value is -0.900. The summed E-state index contributed by atoms with van der Waals surface area (Å²) in [7, 11) is 1.76. The molecule has 1 aliphatic rings. The molecule has 0 radical (unpaired) electrons. The predicted octanol–water partition coefficient (Wildman–Crippen LogP) is 2.75. The summed E-state index contributed by atoms with van der Waals surface area (Å²) in [6, 6.07) is 6.62. The summed E-state index contributed by atoms with van der Waals surface area (Å²) in [5.74, 6) is 0.830. The zero-order valence-corrected chi connectivity index (χ0v) is 13.8. The number of piperidine rings is 1. The van der Waals surface area contributed by atoms with E-state index in [1.54, 1.807) is 7.11 Å². The van der Waals surface area contributed by atoms with E-state index < -0.39 is 0 Å². The van der Waals surface area contributed by atoms with E-state index in [0.717, 1.165) is 32.2 Å². The Morgan fingerprint density at radius 1 is 1.19 bits per heavy atom. The number of likely N-dealkylation sites (tertiary alicyclic amines) is 1. The first-order valence-electron chi connectivity index (χ1n) is 8.18. The zero-order chi connectivity index (χ0) is 15.1. The molecular weight excluding hydrogens is 260 g/mol. The van der Waals surface area contributed by atoms with Gasteiger partial charge in [0, 0.05) is 20.2 Å². The van der Waals surface area contributed by atoms with E-state index >= 15 is 0 Å². The fourth-order valence-electron chi connectivity index (χ4n) is 3.15. The first-order chi connectivity index (χ1) is 10.2. The van der Waals surface area contributed by atoms with Gasteiger partial charge in [-0.3, -0.25) is 4.90 Å². The van der Waals surface area contributed by atoms with Crippen molar-refractivity contribution in [2.75, 3.05) is 39.9 Å². The molecule has 21 heavy (non-hydrogen) atoms. The maximum absolute atomic E-state index is 5.07. The van der Waals surface area contributed by atoms with Gasteiger partial charge in [0.15, 0.2) is 0 Å². The van der Waals surface area contributed by atoms with Crippen molar-refractivity contribution < 1.29 is 4.74 Å². The van der Waals surface area contributed by atoms with E-state index in [1.807, 2.05) is 0 Å². The van der Waals surface area contributed by atoms with E-state index in [4.69, 9.17) is 4.74 Å². The summed E-state index contributed by atoms with van der Waals surface area (Å²) in [5.41, 5.74) is 4.38. The second-order valence-electron chi connectivity index (χ2n) is 6.29. The van der Waals surface area contributed by atoms with Gasteiger partial charge in [0.1, 0.15) is 0 Å². The predicted molar refractivity (Wildman–Crippen MR) is 88.7 cm³/mol. The lowest BCUT2D eigenvalue weighted by atomic mass is 9.95. The quantitative estimate of drug-likeness (QED) is 0.782. The average Bonchev–Trinajstić information content (AvgIpc) is 2.49. The second-order valence-corrected chi connectivity index (χ2v) is 6.29. The van der Waals surface area contributed by atoms with Crippen LogP contribution in [-0.2, 0) is 11.3 Å². The molecule has 1 N–H and O–H groups in total. The molecule has 1 aromatic rings. The minimum absolute atomic E-state index is 0.811. The first kappa shape index (κ1) is 16.5. The molecule has 3 nitrogen and oxygen atoms in total. The Bertz CT molecular complexity index is 405. The highest BCUT2D eigenvalue weighted by molar-refractivity contribution is 5.33. The number of ether oxygens (including phenoxy) is 1. The summed E-state index contributed by atoms with van der Waals surface area (Å²) in [4.78, 5) is 2.61. The summed E-state index contributed by atoms with van der Waals surface area (Å²) in [6.45, 7) is 11.0. The van der Waals surface area contributed by atoms with Gasteiger partial charge in [-0.25, -0.2) is 0 Å². The van der Waals surface area contributed by atoms with Crippen LogP contribution in [0.3, 0.4) is 0 Å². The van der Waals surface area contributed by atoms with Crippen LogP contribution in [0.15, 0.2) is 18.2 Å². The van der Waals surface area contributed by atoms with Gasteiger partial charge in [0.05, 0.1) is 6.61 Å². The summed E-state index contributed by atoms with van der Waals surface area (Å²) in [6.07, 6.45) is 2.62. The highest BCUT2D eigenvalue weighted by Crippen LogP contribution is 2.21. The van der Waals surface area contributed by atoms with Crippen LogP contribution >= 0.6 is 0 Å². The molecule has 118 valence electrons. The Morgan fingerprint density at radius 2 is 1.86 bits per heavy atom. The van der Waals surface area contributed by atoms with Crippen LogP contribution in [0.25, 0.3) is 0 Å². The standard InChI is InChI=1S/C18H30N2O/c1-15-5-4-6-16(2)18(15)14-20-10-7-17(8-11-20)13-19-9-12-21-3/h4-6,17,19H,7-14H2,1-3H3. The highest BCUT2D eigenvalue weighted by atomic mass is 16.5. The van der Waals surface area contributed by atoms with Gasteiger partial charge in [-0.1, -0.05) is 18.2 Å². The van der Waals surface area contributed by atoms with Gasteiger partial charge in [0.2, 0.25) is 0 Å². The van der Waals surface area contributed by atoms with Gasteiger partial charge in [-0.05, 0) is 68.9 Å². The third-order valence-electron chi connectivity index (χ3n) is 4.65. The van der Waals surface area contributed by atoms with Crippen LogP contribution in [0.2, 0.25) is 0 Å². The minimum Gasteiger partial charge on any atom is -0.383 e. The summed E-state index contributed by atoms with van der Waals surface area (Å²) < 4.78 is 5.07. The van der Waals surface area contributed by atoms with Crippen molar-refractivity contribution in [2.45, 2.75) is 33.2 Å². The van der Waals surface area contributed by atoms with Crippen LogP contribution in [0.4, 0.5) is 0 Å². The van der Waals surface area contributed by atoms with Crippen LogP contribution in [0, 0.1) is 19.8 Å². The number of nitrogens with zero attached hydrogens (tertiary/aromatic N) is 1. The van der Waals surface area contributed by atoms with Crippen molar-refractivity contribution in [1.82, 2.24) is 10.2 Å². The minimum atomic E-state index is 0.811. The number of hydrogen-bond acceptors (Lipinski definition) is 3. The first-order valence-corrected chi connectivity index (χ1v) is 8.18. The molecular formula is C18H30N2O. The average molecular weight is 290 g/mol. The Morgan fingerprint density at radius 3 is 2.48 bits per heavy atom. The molecule has 0 atom stereocenters. The summed E-state index contributed by atoms with van der Waals surface area (Å²) >= 11 is 0. The monoisotopic (exact) mass is 290 g/mol. The number of rotatable bonds is 7. The smallest absolute Gasteiger partial charge is 0.0587 e. The van der Waals surface area contributed by atoms with Crippen LogP contribution in [-0.4, -0.2) is 44.8 Å². The van der Waals surface area contributed by atoms with Crippen molar-refractivity contribution in [3.8, 4) is 0 Å². The van der Waals surface area contributed by atoms with Crippen molar-refractivity contribution in [3.63, 3.8) is 0 Å². The van der Waals surface area contributed by atoms with Gasteiger partial charge in [-0.2, -0.15) is 0 Å². The van der Waals surface area contributed by atoms with E-state index in [1.165, 1.54) is 42.6 Å². The lowest BCUT2D eigenvalue weighted by molar-refractivity contribution is 0.167. The molecule has 0 unspecified atom stereocenters. The van der Waals surface area contributed by atoms with Crippen LogP contribution < -0.4 is 5.32 Å². The number of benzene rings is 1. The molecule has 0 aliphatic carbocycles. The lowest BCUT2D eigenvalue weighted by Gasteiger charge is -2.32. The van der Waals surface area contributed by atoms with Crippen molar-refractivity contribution in [1.29, 1.82) is 0 Å². The maximum atomic E-state index is 5.07. The van der Waals surface area contributed by atoms with Crippen LogP contribution in [0.1, 0.15) is 29.5 Å². The number of hydrogen-bond donors (Lipinski definition) is 1. The SMILES string of the molecule is COCCNCC1CCN(Cc2c(C)cccc2C)CC1. The molecule has 0 saturated carbocycles. The van der Waals surface area contributed by atoms with Crippen molar-refractivity contribution in [3.05, 3.63) is 34.9 Å². The molecule has 0 aromatic heterocycles. The topological polar surface area (TPSA) is 24.5 Å². The van der Waals surface area contributed by atoms with Gasteiger partial charge < -0.3 is 10.1 Å². The third kappa shape index (κ3) is 5.10. The highest BCUT2D eigenvalue weighted by Gasteiger charge is 2.19. The van der Waals surface area contributed by atoms with Crippen molar-refractivity contribution in [2.24, 2.45) is 5.92 Å². The molecule has 2 rings (SSSR count). The summed E-state index contributed by atoms with van der Waals surface area (Å²) in [5, 5.41) is 3.50. The van der Waals surface area contributed by atoms with Gasteiger partial charge in [-0.15, -0.1) is 0 Å². The zero-order valence-electron chi connectivity index (χ0n) is 13.8. The molecule has 1 aromatic carbocycles. The molecule has 0 amide bonds. The van der Waals surface area contributed by atoms with Crippen LogP contribution in [0.5, 0.6) is 0 Å². The molecule has 1 saturated heterocycles. The number of nitrogens with one attached hydrogen (secondary N) is 1. The fraction of sp³-hybridized carbons (Fsp3) is 0.667. The molecule has 1 fully saturated rings. The normalized spacial score (nSPS) is 17.3. The number of aryl methyl sites for hydroxylation is 2. The molecule has 1 aliphatic heterocycles. The van der Waals surface area contributed by atoms with E-state index in [2.05, 4.69) is 42.3 Å². The fourth-order valence-corrected chi connectivity index (χ4v) is 3.15. The largest absolute Gasteiger partial charge is 0.383 e. The third-order valence-corrected chi connectivity index (χ3v) is 4.65. The molecule has 0 bridgehead atoms. The van der Waals surface area contributed by atoms with Gasteiger partial charge >= 0.3 is 0 Å². The van der Waals surface area contributed by atoms with E-state index in [-0.39, 0.29) is 0 Å². The Labute approximate surface area is 129 Å². The Balaban J connectivity index is 1.74. The lowest BCUT2D eigenvalue weighted by Crippen LogP contribution is -2.37. The van der Waals surface area contributed by atoms with E-state index in [0.29, 0.717) is 0 Å². The van der Waals surface area contributed by atoms with Crippen molar-refractivity contribution >= 4 is 0 Å². The Kier molecular flexibility index (Phi) is 6.68. The second kappa shape index (κ2) is 8.52. The maximum Gasteiger partial charge on any atom is 0.0587 e. The molecule has 3 heteroatoms. The molecule has 0 spiro atoms.